The average Bonchev–Trinajstić information content (AvgIpc) is 2.52. The molecule has 0 bridgehead atoms. The normalized spacial score (nSPS) is 10.5. The largest absolute Gasteiger partial charge is 0.249 e. The summed E-state index contributed by atoms with van der Waals surface area (Å²) in [5.74, 6) is -1.27. The molecule has 0 aliphatic heterocycles. The topological polar surface area (TPSA) is 12.9 Å². The fourth-order valence-corrected chi connectivity index (χ4v) is 2.12. The van der Waals surface area contributed by atoms with Gasteiger partial charge in [-0.2, -0.15) is 0 Å². The third-order valence-electron chi connectivity index (χ3n) is 1.88. The van der Waals surface area contributed by atoms with E-state index in [9.17, 15) is 8.78 Å². The Kier molecular flexibility index (Phi) is 2.29. The Bertz CT molecular complexity index is 465. The fourth-order valence-electron chi connectivity index (χ4n) is 1.20. The molecule has 2 rings (SSSR count). The van der Waals surface area contributed by atoms with Gasteiger partial charge in [0.25, 0.3) is 0 Å². The van der Waals surface area contributed by atoms with E-state index in [1.165, 1.54) is 11.3 Å². The van der Waals surface area contributed by atoms with Gasteiger partial charge in [-0.1, -0.05) is 0 Å². The fraction of sp³-hybridized carbons (Fsp3) is 0.100. The highest BCUT2D eigenvalue weighted by atomic mass is 32.1. The first-order valence-corrected chi connectivity index (χ1v) is 4.92. The van der Waals surface area contributed by atoms with Crippen molar-refractivity contribution in [3.63, 3.8) is 0 Å². The van der Waals surface area contributed by atoms with Gasteiger partial charge in [0.1, 0.15) is 11.5 Å². The molecule has 2 aromatic heterocycles. The smallest absolute Gasteiger partial charge is 0.153 e. The number of pyridine rings is 1. The van der Waals surface area contributed by atoms with Gasteiger partial charge in [0.05, 0.1) is 11.1 Å². The van der Waals surface area contributed by atoms with Crippen molar-refractivity contribution in [2.45, 2.75) is 6.92 Å². The molecule has 2 heterocycles. The molecule has 72 valence electrons. The van der Waals surface area contributed by atoms with Gasteiger partial charge in [-0.05, 0) is 23.9 Å². The number of aryl methyl sites for hydroxylation is 1. The van der Waals surface area contributed by atoms with E-state index in [0.717, 1.165) is 22.7 Å². The van der Waals surface area contributed by atoms with Crippen LogP contribution < -0.4 is 0 Å². The molecule has 0 unspecified atom stereocenters. The van der Waals surface area contributed by atoms with E-state index in [1.807, 2.05) is 18.4 Å². The van der Waals surface area contributed by atoms with Gasteiger partial charge in [0, 0.05) is 6.07 Å². The van der Waals surface area contributed by atoms with Crippen LogP contribution in [0.5, 0.6) is 0 Å². The molecular formula is C10H7F2NS. The van der Waals surface area contributed by atoms with Crippen LogP contribution in [0, 0.1) is 18.6 Å². The summed E-state index contributed by atoms with van der Waals surface area (Å²) in [7, 11) is 0. The van der Waals surface area contributed by atoms with Gasteiger partial charge in [0.2, 0.25) is 0 Å². The number of halogens is 2. The standard InChI is InChI=1S/C10H7F2NS/c1-6-2-3-14-10(6)9-8(12)4-7(11)5-13-9/h2-5H,1H3. The van der Waals surface area contributed by atoms with Crippen molar-refractivity contribution in [1.29, 1.82) is 0 Å². The second-order valence-electron chi connectivity index (χ2n) is 2.92. The van der Waals surface area contributed by atoms with Crippen molar-refractivity contribution in [1.82, 2.24) is 4.98 Å². The van der Waals surface area contributed by atoms with Crippen LogP contribution in [0.3, 0.4) is 0 Å². The summed E-state index contributed by atoms with van der Waals surface area (Å²) in [6.45, 7) is 1.87. The van der Waals surface area contributed by atoms with E-state index >= 15 is 0 Å². The van der Waals surface area contributed by atoms with Crippen molar-refractivity contribution in [3.05, 3.63) is 40.9 Å². The molecule has 0 radical (unpaired) electrons. The molecule has 1 nitrogen and oxygen atoms in total. The summed E-state index contributed by atoms with van der Waals surface area (Å²) >= 11 is 1.40. The molecule has 0 fully saturated rings. The highest BCUT2D eigenvalue weighted by Crippen LogP contribution is 2.29. The minimum absolute atomic E-state index is 0.221. The molecule has 2 aromatic rings. The summed E-state index contributed by atoms with van der Waals surface area (Å²) in [5.41, 5.74) is 1.17. The zero-order valence-electron chi connectivity index (χ0n) is 7.42. The lowest BCUT2D eigenvalue weighted by molar-refractivity contribution is 0.576. The van der Waals surface area contributed by atoms with Crippen molar-refractivity contribution in [3.8, 4) is 10.6 Å². The predicted octanol–water partition coefficient (Wildman–Crippen LogP) is 3.40. The second kappa shape index (κ2) is 3.46. The Morgan fingerprint density at radius 3 is 2.71 bits per heavy atom. The van der Waals surface area contributed by atoms with Crippen molar-refractivity contribution in [2.75, 3.05) is 0 Å². The molecule has 0 saturated heterocycles. The molecule has 0 aliphatic rings. The molecule has 0 amide bonds. The number of rotatable bonds is 1. The van der Waals surface area contributed by atoms with Crippen LogP contribution in [0.2, 0.25) is 0 Å². The highest BCUT2D eigenvalue weighted by Gasteiger charge is 2.11. The summed E-state index contributed by atoms with van der Waals surface area (Å²) in [6, 6.07) is 2.73. The molecule has 0 spiro atoms. The van der Waals surface area contributed by atoms with Crippen molar-refractivity contribution in [2.24, 2.45) is 0 Å². The second-order valence-corrected chi connectivity index (χ2v) is 3.83. The first kappa shape index (κ1) is 9.27. The van der Waals surface area contributed by atoms with E-state index < -0.39 is 11.6 Å². The van der Waals surface area contributed by atoms with Crippen LogP contribution in [-0.2, 0) is 0 Å². The number of thiophene rings is 1. The van der Waals surface area contributed by atoms with Gasteiger partial charge in [-0.15, -0.1) is 11.3 Å². The van der Waals surface area contributed by atoms with Crippen molar-refractivity contribution < 1.29 is 8.78 Å². The van der Waals surface area contributed by atoms with Gasteiger partial charge >= 0.3 is 0 Å². The molecule has 4 heteroatoms. The minimum atomic E-state index is -0.652. The molecule has 0 N–H and O–H groups in total. The number of nitrogens with zero attached hydrogens (tertiary/aromatic N) is 1. The number of hydrogen-bond donors (Lipinski definition) is 0. The maximum Gasteiger partial charge on any atom is 0.153 e. The lowest BCUT2D eigenvalue weighted by atomic mass is 10.2. The summed E-state index contributed by atoms with van der Waals surface area (Å²) in [6.07, 6.45) is 1.03. The van der Waals surface area contributed by atoms with E-state index in [0.29, 0.717) is 0 Å². The van der Waals surface area contributed by atoms with Crippen LogP contribution in [-0.4, -0.2) is 4.98 Å². The van der Waals surface area contributed by atoms with Gasteiger partial charge < -0.3 is 0 Å². The minimum Gasteiger partial charge on any atom is -0.249 e. The molecule has 0 atom stereocenters. The third-order valence-corrected chi connectivity index (χ3v) is 2.91. The van der Waals surface area contributed by atoms with Crippen LogP contribution in [0.4, 0.5) is 8.78 Å². The Hall–Kier alpha value is -1.29. The molecule has 0 aromatic carbocycles. The Labute approximate surface area is 84.0 Å². The average molecular weight is 211 g/mol. The van der Waals surface area contributed by atoms with E-state index in [-0.39, 0.29) is 5.69 Å². The summed E-state index contributed by atoms with van der Waals surface area (Å²) < 4.78 is 25.9. The Balaban J connectivity index is 2.58. The van der Waals surface area contributed by atoms with Gasteiger partial charge in [-0.25, -0.2) is 13.8 Å². The summed E-state index contributed by atoms with van der Waals surface area (Å²) in [5, 5.41) is 1.86. The zero-order valence-corrected chi connectivity index (χ0v) is 8.24. The number of hydrogen-bond acceptors (Lipinski definition) is 2. The third kappa shape index (κ3) is 1.53. The summed E-state index contributed by atoms with van der Waals surface area (Å²) in [4.78, 5) is 4.49. The first-order chi connectivity index (χ1) is 6.68. The van der Waals surface area contributed by atoms with Crippen LogP contribution >= 0.6 is 11.3 Å². The maximum absolute atomic E-state index is 13.3. The SMILES string of the molecule is Cc1ccsc1-c1ncc(F)cc1F. The Morgan fingerprint density at radius 2 is 2.14 bits per heavy atom. The molecular weight excluding hydrogens is 204 g/mol. The molecule has 14 heavy (non-hydrogen) atoms. The first-order valence-electron chi connectivity index (χ1n) is 4.04. The zero-order chi connectivity index (χ0) is 10.1. The Morgan fingerprint density at radius 1 is 1.36 bits per heavy atom. The van der Waals surface area contributed by atoms with E-state index in [4.69, 9.17) is 0 Å². The lowest BCUT2D eigenvalue weighted by Gasteiger charge is -2.00. The van der Waals surface area contributed by atoms with Crippen LogP contribution in [0.1, 0.15) is 5.56 Å². The van der Waals surface area contributed by atoms with Crippen molar-refractivity contribution >= 4 is 11.3 Å². The van der Waals surface area contributed by atoms with Gasteiger partial charge in [-0.3, -0.25) is 0 Å². The van der Waals surface area contributed by atoms with E-state index in [2.05, 4.69) is 4.98 Å². The van der Waals surface area contributed by atoms with Gasteiger partial charge in [0.15, 0.2) is 5.82 Å². The van der Waals surface area contributed by atoms with E-state index in [1.54, 1.807) is 0 Å². The molecule has 0 aliphatic carbocycles. The van der Waals surface area contributed by atoms with Crippen LogP contribution in [0.25, 0.3) is 10.6 Å². The molecule has 0 saturated carbocycles. The maximum atomic E-state index is 13.3. The monoisotopic (exact) mass is 211 g/mol. The quantitative estimate of drug-likeness (QED) is 0.704. The highest BCUT2D eigenvalue weighted by molar-refractivity contribution is 7.13. The van der Waals surface area contributed by atoms with Crippen LogP contribution in [0.15, 0.2) is 23.7 Å². The number of aromatic nitrogens is 1. The predicted molar refractivity (Wildman–Crippen MR) is 52.2 cm³/mol. The lowest BCUT2D eigenvalue weighted by Crippen LogP contribution is -1.90.